The van der Waals surface area contributed by atoms with Gasteiger partial charge in [-0.15, -0.1) is 0 Å². The van der Waals surface area contributed by atoms with E-state index in [1.165, 1.54) is 18.2 Å². The van der Waals surface area contributed by atoms with E-state index in [2.05, 4.69) is 30.1 Å². The SMILES string of the molecule is COC(=O)C(C)(NCCN(C)C)c1ccc(C)c(C)c1. The number of ether oxygens (including phenoxy) is 1. The first-order valence-corrected chi connectivity index (χ1v) is 6.87. The minimum absolute atomic E-state index is 0.264. The van der Waals surface area contributed by atoms with Crippen LogP contribution in [0.1, 0.15) is 23.6 Å². The third-order valence-corrected chi connectivity index (χ3v) is 3.72. The molecule has 0 heterocycles. The van der Waals surface area contributed by atoms with Crippen molar-refractivity contribution in [1.29, 1.82) is 0 Å². The summed E-state index contributed by atoms with van der Waals surface area (Å²) >= 11 is 0. The van der Waals surface area contributed by atoms with Gasteiger partial charge in [0.25, 0.3) is 0 Å². The number of aryl methyl sites for hydroxylation is 2. The fourth-order valence-corrected chi connectivity index (χ4v) is 2.08. The van der Waals surface area contributed by atoms with Gasteiger partial charge in [-0.3, -0.25) is 5.32 Å². The average molecular weight is 278 g/mol. The van der Waals surface area contributed by atoms with Gasteiger partial charge in [-0.1, -0.05) is 18.2 Å². The Balaban J connectivity index is 3.03. The molecule has 1 aromatic carbocycles. The summed E-state index contributed by atoms with van der Waals surface area (Å²) in [4.78, 5) is 14.3. The van der Waals surface area contributed by atoms with Crippen LogP contribution in [0.25, 0.3) is 0 Å². The molecule has 4 nitrogen and oxygen atoms in total. The Kier molecular flexibility index (Phi) is 5.72. The molecule has 1 aromatic rings. The van der Waals surface area contributed by atoms with Gasteiger partial charge in [0.15, 0.2) is 0 Å². The molecular formula is C16H26N2O2. The van der Waals surface area contributed by atoms with E-state index >= 15 is 0 Å². The maximum Gasteiger partial charge on any atom is 0.330 e. The van der Waals surface area contributed by atoms with Gasteiger partial charge in [0.2, 0.25) is 0 Å². The second-order valence-corrected chi connectivity index (χ2v) is 5.65. The van der Waals surface area contributed by atoms with Crippen LogP contribution in [0.15, 0.2) is 18.2 Å². The second-order valence-electron chi connectivity index (χ2n) is 5.65. The van der Waals surface area contributed by atoms with E-state index in [-0.39, 0.29) is 5.97 Å². The summed E-state index contributed by atoms with van der Waals surface area (Å²) in [5, 5.41) is 3.32. The summed E-state index contributed by atoms with van der Waals surface area (Å²) in [7, 11) is 5.44. The molecule has 0 aliphatic heterocycles. The molecule has 0 aliphatic rings. The highest BCUT2D eigenvalue weighted by Gasteiger charge is 2.35. The van der Waals surface area contributed by atoms with E-state index < -0.39 is 5.54 Å². The molecule has 0 spiro atoms. The molecule has 0 fully saturated rings. The number of carbonyl (C=O) groups excluding carboxylic acids is 1. The van der Waals surface area contributed by atoms with Gasteiger partial charge in [0.1, 0.15) is 5.54 Å². The van der Waals surface area contributed by atoms with Crippen molar-refractivity contribution in [2.24, 2.45) is 0 Å². The molecule has 4 heteroatoms. The molecule has 20 heavy (non-hydrogen) atoms. The molecule has 0 aromatic heterocycles. The molecule has 112 valence electrons. The number of hydrogen-bond donors (Lipinski definition) is 1. The standard InChI is InChI=1S/C16H26N2O2/c1-12-7-8-14(11-13(12)2)16(3,15(19)20-6)17-9-10-18(4)5/h7-8,11,17H,9-10H2,1-6H3. The van der Waals surface area contributed by atoms with Gasteiger partial charge < -0.3 is 9.64 Å². The van der Waals surface area contributed by atoms with Crippen molar-refractivity contribution >= 4 is 5.97 Å². The summed E-state index contributed by atoms with van der Waals surface area (Å²) in [6.07, 6.45) is 0. The lowest BCUT2D eigenvalue weighted by atomic mass is 9.89. The van der Waals surface area contributed by atoms with Crippen LogP contribution < -0.4 is 5.32 Å². The van der Waals surface area contributed by atoms with Crippen molar-refractivity contribution < 1.29 is 9.53 Å². The fourth-order valence-electron chi connectivity index (χ4n) is 2.08. The third-order valence-electron chi connectivity index (χ3n) is 3.72. The Bertz CT molecular complexity index is 472. The van der Waals surface area contributed by atoms with Gasteiger partial charge >= 0.3 is 5.97 Å². The van der Waals surface area contributed by atoms with E-state index in [0.717, 1.165) is 12.1 Å². The van der Waals surface area contributed by atoms with Gasteiger partial charge in [-0.05, 0) is 51.6 Å². The Morgan fingerprint density at radius 2 is 1.95 bits per heavy atom. The van der Waals surface area contributed by atoms with Crippen LogP contribution in [0, 0.1) is 13.8 Å². The van der Waals surface area contributed by atoms with E-state index in [0.29, 0.717) is 6.54 Å². The monoisotopic (exact) mass is 278 g/mol. The van der Waals surface area contributed by atoms with Crippen molar-refractivity contribution in [2.45, 2.75) is 26.3 Å². The fraction of sp³-hybridized carbons (Fsp3) is 0.562. The second kappa shape index (κ2) is 6.86. The Morgan fingerprint density at radius 3 is 2.45 bits per heavy atom. The number of carbonyl (C=O) groups is 1. The number of hydrogen-bond acceptors (Lipinski definition) is 4. The lowest BCUT2D eigenvalue weighted by Gasteiger charge is -2.29. The summed E-state index contributed by atoms with van der Waals surface area (Å²) in [6.45, 7) is 7.56. The zero-order valence-electron chi connectivity index (χ0n) is 13.4. The zero-order valence-corrected chi connectivity index (χ0v) is 13.4. The minimum Gasteiger partial charge on any atom is -0.467 e. The lowest BCUT2D eigenvalue weighted by Crippen LogP contribution is -2.49. The molecule has 0 saturated heterocycles. The first kappa shape index (κ1) is 16.7. The Morgan fingerprint density at radius 1 is 1.30 bits per heavy atom. The molecule has 1 unspecified atom stereocenters. The van der Waals surface area contributed by atoms with E-state index in [4.69, 9.17) is 4.74 Å². The highest BCUT2D eigenvalue weighted by atomic mass is 16.5. The summed E-state index contributed by atoms with van der Waals surface area (Å²) in [6, 6.07) is 6.08. The van der Waals surface area contributed by atoms with Gasteiger partial charge in [0.05, 0.1) is 7.11 Å². The van der Waals surface area contributed by atoms with Crippen molar-refractivity contribution in [3.63, 3.8) is 0 Å². The lowest BCUT2D eigenvalue weighted by molar-refractivity contribution is -0.148. The largest absolute Gasteiger partial charge is 0.467 e. The molecule has 0 amide bonds. The number of nitrogens with zero attached hydrogens (tertiary/aromatic N) is 1. The molecule has 1 rings (SSSR count). The van der Waals surface area contributed by atoms with Crippen molar-refractivity contribution in [1.82, 2.24) is 10.2 Å². The van der Waals surface area contributed by atoms with Crippen LogP contribution in [0.3, 0.4) is 0 Å². The van der Waals surface area contributed by atoms with Crippen LogP contribution >= 0.6 is 0 Å². The summed E-state index contributed by atoms with van der Waals surface area (Å²) < 4.78 is 4.98. The number of likely N-dealkylation sites (N-methyl/N-ethyl adjacent to an activating group) is 1. The van der Waals surface area contributed by atoms with Crippen LogP contribution in [-0.2, 0) is 15.1 Å². The van der Waals surface area contributed by atoms with Crippen LogP contribution in [0.5, 0.6) is 0 Å². The maximum absolute atomic E-state index is 12.2. The van der Waals surface area contributed by atoms with E-state index in [1.807, 2.05) is 33.2 Å². The van der Waals surface area contributed by atoms with Crippen LogP contribution in [0.2, 0.25) is 0 Å². The molecule has 0 radical (unpaired) electrons. The van der Waals surface area contributed by atoms with E-state index in [9.17, 15) is 4.79 Å². The average Bonchev–Trinajstić information content (AvgIpc) is 2.40. The summed E-state index contributed by atoms with van der Waals surface area (Å²) in [5.41, 5.74) is 2.51. The first-order valence-electron chi connectivity index (χ1n) is 6.87. The molecule has 1 N–H and O–H groups in total. The number of methoxy groups -OCH3 is 1. The number of rotatable bonds is 6. The van der Waals surface area contributed by atoms with Gasteiger partial charge in [0, 0.05) is 13.1 Å². The third kappa shape index (κ3) is 3.81. The minimum atomic E-state index is -0.816. The Labute approximate surface area is 122 Å². The smallest absolute Gasteiger partial charge is 0.330 e. The van der Waals surface area contributed by atoms with Gasteiger partial charge in [-0.2, -0.15) is 0 Å². The number of esters is 1. The molecular weight excluding hydrogens is 252 g/mol. The first-order chi connectivity index (χ1) is 9.31. The summed E-state index contributed by atoms with van der Waals surface area (Å²) in [5.74, 6) is -0.264. The molecule has 1 atom stereocenters. The van der Waals surface area contributed by atoms with E-state index in [1.54, 1.807) is 0 Å². The van der Waals surface area contributed by atoms with Crippen LogP contribution in [-0.4, -0.2) is 45.2 Å². The highest BCUT2D eigenvalue weighted by molar-refractivity contribution is 5.82. The van der Waals surface area contributed by atoms with Crippen molar-refractivity contribution in [3.05, 3.63) is 34.9 Å². The number of benzene rings is 1. The molecule has 0 bridgehead atoms. The Hall–Kier alpha value is -1.39. The van der Waals surface area contributed by atoms with Crippen LogP contribution in [0.4, 0.5) is 0 Å². The predicted octanol–water partition coefficient (Wildman–Crippen LogP) is 1.84. The predicted molar refractivity (Wildman–Crippen MR) is 81.8 cm³/mol. The topological polar surface area (TPSA) is 41.6 Å². The quantitative estimate of drug-likeness (QED) is 0.806. The van der Waals surface area contributed by atoms with Crippen molar-refractivity contribution in [2.75, 3.05) is 34.3 Å². The maximum atomic E-state index is 12.2. The van der Waals surface area contributed by atoms with Crippen molar-refractivity contribution in [3.8, 4) is 0 Å². The zero-order chi connectivity index (χ0) is 15.3. The molecule has 0 saturated carbocycles. The highest BCUT2D eigenvalue weighted by Crippen LogP contribution is 2.24. The normalized spacial score (nSPS) is 14.2. The number of nitrogens with one attached hydrogen (secondary N) is 1. The molecule has 0 aliphatic carbocycles. The van der Waals surface area contributed by atoms with Gasteiger partial charge in [-0.25, -0.2) is 4.79 Å².